The average molecular weight is 418 g/mol. The molecule has 0 bridgehead atoms. The fourth-order valence-electron chi connectivity index (χ4n) is 3.73. The molecule has 4 aromatic heterocycles. The first-order valence-corrected chi connectivity index (χ1v) is 10.1. The van der Waals surface area contributed by atoms with Gasteiger partial charge in [0.15, 0.2) is 11.6 Å². The maximum absolute atomic E-state index is 12.7. The van der Waals surface area contributed by atoms with Gasteiger partial charge in [0.25, 0.3) is 5.91 Å². The van der Waals surface area contributed by atoms with Crippen LogP contribution in [0.4, 0.5) is 5.82 Å². The number of likely N-dealkylation sites (tertiary alicyclic amines) is 1. The number of hydrogen-bond donors (Lipinski definition) is 1. The van der Waals surface area contributed by atoms with Gasteiger partial charge in [-0.2, -0.15) is 0 Å². The molecule has 10 nitrogen and oxygen atoms in total. The fourth-order valence-corrected chi connectivity index (χ4v) is 3.73. The van der Waals surface area contributed by atoms with E-state index in [1.807, 2.05) is 19.3 Å². The van der Waals surface area contributed by atoms with Gasteiger partial charge in [-0.15, -0.1) is 5.10 Å². The van der Waals surface area contributed by atoms with Crippen LogP contribution < -0.4 is 5.32 Å². The number of aryl methyl sites for hydroxylation is 1. The molecule has 0 radical (unpaired) electrons. The number of nitrogens with zero attached hydrogens (tertiary/aromatic N) is 7. The summed E-state index contributed by atoms with van der Waals surface area (Å²) in [5.41, 5.74) is 2.53. The van der Waals surface area contributed by atoms with Crippen molar-refractivity contribution in [3.05, 3.63) is 48.6 Å². The predicted octanol–water partition coefficient (Wildman–Crippen LogP) is 2.47. The number of piperidine rings is 1. The summed E-state index contributed by atoms with van der Waals surface area (Å²) in [7, 11) is 3.91. The number of pyridine rings is 2. The molecule has 31 heavy (non-hydrogen) atoms. The van der Waals surface area contributed by atoms with Crippen LogP contribution in [-0.2, 0) is 7.05 Å². The van der Waals surface area contributed by atoms with Gasteiger partial charge in [0.2, 0.25) is 0 Å². The Hall–Kier alpha value is -3.66. The minimum absolute atomic E-state index is 0.252. The van der Waals surface area contributed by atoms with E-state index < -0.39 is 0 Å². The van der Waals surface area contributed by atoms with Gasteiger partial charge in [0, 0.05) is 30.1 Å². The number of carbonyl (C=O) groups is 1. The van der Waals surface area contributed by atoms with E-state index in [2.05, 4.69) is 42.5 Å². The van der Waals surface area contributed by atoms with Crippen molar-refractivity contribution in [2.24, 2.45) is 7.05 Å². The number of rotatable bonds is 4. The van der Waals surface area contributed by atoms with E-state index >= 15 is 0 Å². The van der Waals surface area contributed by atoms with Gasteiger partial charge >= 0.3 is 0 Å². The van der Waals surface area contributed by atoms with Crippen molar-refractivity contribution in [1.29, 1.82) is 0 Å². The highest BCUT2D eigenvalue weighted by Gasteiger charge is 2.24. The summed E-state index contributed by atoms with van der Waals surface area (Å²) in [4.78, 5) is 28.1. The molecule has 158 valence electrons. The molecule has 0 saturated carbocycles. The third-order valence-corrected chi connectivity index (χ3v) is 5.53. The predicted molar refractivity (Wildman–Crippen MR) is 113 cm³/mol. The monoisotopic (exact) mass is 418 g/mol. The zero-order valence-electron chi connectivity index (χ0n) is 17.3. The number of amides is 1. The van der Waals surface area contributed by atoms with E-state index in [1.165, 1.54) is 6.26 Å². The van der Waals surface area contributed by atoms with Crippen LogP contribution in [0.1, 0.15) is 35.1 Å². The molecule has 4 aromatic rings. The molecule has 0 atom stereocenters. The molecule has 0 aliphatic carbocycles. The van der Waals surface area contributed by atoms with Crippen molar-refractivity contribution in [3.8, 4) is 11.3 Å². The molecule has 1 fully saturated rings. The summed E-state index contributed by atoms with van der Waals surface area (Å²) in [5.74, 6) is 0.942. The number of carbonyl (C=O) groups excluding carboxylic acids is 1. The van der Waals surface area contributed by atoms with E-state index in [9.17, 15) is 4.79 Å². The van der Waals surface area contributed by atoms with Crippen LogP contribution in [0.2, 0.25) is 0 Å². The molecule has 5 heterocycles. The number of oxazole rings is 1. The van der Waals surface area contributed by atoms with Crippen LogP contribution in [0.15, 0.2) is 41.4 Å². The van der Waals surface area contributed by atoms with Crippen LogP contribution in [0, 0.1) is 0 Å². The van der Waals surface area contributed by atoms with Crippen molar-refractivity contribution in [2.75, 3.05) is 25.5 Å². The van der Waals surface area contributed by atoms with Crippen molar-refractivity contribution >= 4 is 22.6 Å². The molecule has 1 saturated heterocycles. The summed E-state index contributed by atoms with van der Waals surface area (Å²) in [6, 6.07) is 3.72. The molecule has 1 amide bonds. The van der Waals surface area contributed by atoms with Gasteiger partial charge < -0.3 is 14.6 Å². The van der Waals surface area contributed by atoms with Crippen LogP contribution in [0.5, 0.6) is 0 Å². The highest BCUT2D eigenvalue weighted by Crippen LogP contribution is 2.27. The third-order valence-electron chi connectivity index (χ3n) is 5.53. The Morgan fingerprint density at radius 2 is 2.00 bits per heavy atom. The lowest BCUT2D eigenvalue weighted by Crippen LogP contribution is -2.29. The minimum Gasteiger partial charge on any atom is -0.448 e. The highest BCUT2D eigenvalue weighted by atomic mass is 16.3. The largest absolute Gasteiger partial charge is 0.448 e. The standard InChI is InChI=1S/C21H22N8O2/c1-28-5-3-13(4-6-28)21-24-18(12-31-21)20(30)25-19-8-14-7-15(9-22-16(14)10-23-19)17-11-29(2)27-26-17/h7-13H,3-6H2,1-2H3,(H,23,25,30). The van der Waals surface area contributed by atoms with Gasteiger partial charge in [-0.1, -0.05) is 5.21 Å². The van der Waals surface area contributed by atoms with E-state index in [-0.39, 0.29) is 17.5 Å². The van der Waals surface area contributed by atoms with Crippen molar-refractivity contribution in [3.63, 3.8) is 0 Å². The van der Waals surface area contributed by atoms with Crippen molar-refractivity contribution < 1.29 is 9.21 Å². The first-order chi connectivity index (χ1) is 15.0. The number of hydrogen-bond acceptors (Lipinski definition) is 8. The molecule has 10 heteroatoms. The lowest BCUT2D eigenvalue weighted by Gasteiger charge is -2.26. The van der Waals surface area contributed by atoms with Crippen LogP contribution in [0.25, 0.3) is 22.2 Å². The van der Waals surface area contributed by atoms with Crippen LogP contribution in [-0.4, -0.2) is 60.9 Å². The molecule has 0 spiro atoms. The zero-order chi connectivity index (χ0) is 21.4. The maximum Gasteiger partial charge on any atom is 0.278 e. The normalized spacial score (nSPS) is 15.4. The Balaban J connectivity index is 1.33. The molecule has 5 rings (SSSR count). The zero-order valence-corrected chi connectivity index (χ0v) is 17.3. The van der Waals surface area contributed by atoms with Gasteiger partial charge in [-0.05, 0) is 45.1 Å². The third kappa shape index (κ3) is 4.02. The fraction of sp³-hybridized carbons (Fsp3) is 0.333. The topological polar surface area (TPSA) is 115 Å². The van der Waals surface area contributed by atoms with Gasteiger partial charge in [0.1, 0.15) is 17.8 Å². The highest BCUT2D eigenvalue weighted by molar-refractivity contribution is 6.02. The second-order valence-electron chi connectivity index (χ2n) is 7.87. The Morgan fingerprint density at radius 3 is 2.77 bits per heavy atom. The Labute approximate surface area is 178 Å². The Kier molecular flexibility index (Phi) is 4.91. The van der Waals surface area contributed by atoms with Gasteiger partial charge in [-0.3, -0.25) is 14.5 Å². The summed E-state index contributed by atoms with van der Waals surface area (Å²) >= 11 is 0. The lowest BCUT2D eigenvalue weighted by atomic mass is 9.97. The van der Waals surface area contributed by atoms with Crippen molar-refractivity contribution in [2.45, 2.75) is 18.8 Å². The molecular formula is C21H22N8O2. The number of aromatic nitrogens is 6. The molecule has 0 unspecified atom stereocenters. The Bertz CT molecular complexity index is 1240. The number of nitrogens with one attached hydrogen (secondary N) is 1. The van der Waals surface area contributed by atoms with Gasteiger partial charge in [0.05, 0.1) is 17.9 Å². The lowest BCUT2D eigenvalue weighted by molar-refractivity contribution is 0.102. The van der Waals surface area contributed by atoms with E-state index in [1.54, 1.807) is 23.1 Å². The van der Waals surface area contributed by atoms with E-state index in [4.69, 9.17) is 4.42 Å². The smallest absolute Gasteiger partial charge is 0.278 e. The average Bonchev–Trinajstić information content (AvgIpc) is 3.43. The molecular weight excluding hydrogens is 396 g/mol. The summed E-state index contributed by atoms with van der Waals surface area (Å²) in [5, 5.41) is 11.7. The minimum atomic E-state index is -0.354. The summed E-state index contributed by atoms with van der Waals surface area (Å²) in [6.45, 7) is 2.00. The summed E-state index contributed by atoms with van der Waals surface area (Å²) in [6.07, 6.45) is 8.54. The van der Waals surface area contributed by atoms with E-state index in [0.717, 1.165) is 48.1 Å². The molecule has 0 aromatic carbocycles. The molecule has 1 aliphatic rings. The molecule has 1 aliphatic heterocycles. The molecule has 1 N–H and O–H groups in total. The second kappa shape index (κ2) is 7.88. The van der Waals surface area contributed by atoms with E-state index in [0.29, 0.717) is 11.7 Å². The Morgan fingerprint density at radius 1 is 1.16 bits per heavy atom. The quantitative estimate of drug-likeness (QED) is 0.537. The first kappa shape index (κ1) is 19.3. The van der Waals surface area contributed by atoms with Crippen molar-refractivity contribution in [1.82, 2.24) is 34.8 Å². The SMILES string of the molecule is CN1CCC(c2nc(C(=O)Nc3cc4cc(-c5cn(C)nn5)cnc4cn3)co2)CC1. The number of anilines is 1. The first-order valence-electron chi connectivity index (χ1n) is 10.1. The van der Waals surface area contributed by atoms with Crippen LogP contribution >= 0.6 is 0 Å². The van der Waals surface area contributed by atoms with Gasteiger partial charge in [-0.25, -0.2) is 9.97 Å². The second-order valence-corrected chi connectivity index (χ2v) is 7.87. The maximum atomic E-state index is 12.7. The summed E-state index contributed by atoms with van der Waals surface area (Å²) < 4.78 is 7.23. The number of fused-ring (bicyclic) bond motifs is 1. The van der Waals surface area contributed by atoms with Crippen LogP contribution in [0.3, 0.4) is 0 Å².